The number of rotatable bonds is 8. The van der Waals surface area contributed by atoms with Crippen molar-refractivity contribution in [1.29, 1.82) is 0 Å². The molecule has 27 heavy (non-hydrogen) atoms. The molecular formula is C21H33N3O3. The lowest BCUT2D eigenvalue weighted by Gasteiger charge is -2.39. The maximum atomic E-state index is 12.7. The second kappa shape index (κ2) is 10.7. The van der Waals surface area contributed by atoms with E-state index in [9.17, 15) is 4.79 Å². The standard InChI is InChI=1S/C21H33N3O3/c1-2-10-27-20-6-5-17(13-19(20)24-18-7-11-26-12-8-18)21(25)23-15-16-4-3-9-22-14-16/h3-4,9,14,17-20,24H,2,5-8,10-13,15H2,1H3,(H,23,25)/t17-,19+,20+/m0/s1. The van der Waals surface area contributed by atoms with Crippen LogP contribution in [0.25, 0.3) is 0 Å². The first kappa shape index (κ1) is 20.2. The third kappa shape index (κ3) is 6.26. The first-order valence-corrected chi connectivity index (χ1v) is 10.4. The number of hydrogen-bond donors (Lipinski definition) is 2. The fraction of sp³-hybridized carbons (Fsp3) is 0.714. The molecule has 2 N–H and O–H groups in total. The summed E-state index contributed by atoms with van der Waals surface area (Å²) in [4.78, 5) is 16.8. The Kier molecular flexibility index (Phi) is 8.05. The average Bonchev–Trinajstić information content (AvgIpc) is 2.72. The summed E-state index contributed by atoms with van der Waals surface area (Å²) in [5.74, 6) is 0.187. The quantitative estimate of drug-likeness (QED) is 0.730. The number of pyridine rings is 1. The van der Waals surface area contributed by atoms with Gasteiger partial charge in [0.2, 0.25) is 5.91 Å². The Morgan fingerprint density at radius 1 is 1.30 bits per heavy atom. The minimum absolute atomic E-state index is 0.0421. The lowest BCUT2D eigenvalue weighted by Crippen LogP contribution is -2.52. The summed E-state index contributed by atoms with van der Waals surface area (Å²) in [5.41, 5.74) is 1.03. The number of ether oxygens (including phenoxy) is 2. The maximum Gasteiger partial charge on any atom is 0.223 e. The van der Waals surface area contributed by atoms with E-state index in [0.717, 1.165) is 63.9 Å². The number of carbonyl (C=O) groups is 1. The molecule has 6 nitrogen and oxygen atoms in total. The van der Waals surface area contributed by atoms with Gasteiger partial charge < -0.3 is 20.1 Å². The third-order valence-corrected chi connectivity index (χ3v) is 5.55. The molecule has 1 saturated carbocycles. The monoisotopic (exact) mass is 375 g/mol. The van der Waals surface area contributed by atoms with E-state index in [1.807, 2.05) is 12.1 Å². The first-order valence-electron chi connectivity index (χ1n) is 10.4. The molecule has 1 aliphatic heterocycles. The van der Waals surface area contributed by atoms with Gasteiger partial charge in [0.1, 0.15) is 0 Å². The van der Waals surface area contributed by atoms with E-state index in [-0.39, 0.29) is 24.0 Å². The lowest BCUT2D eigenvalue weighted by molar-refractivity contribution is -0.128. The molecule has 0 radical (unpaired) electrons. The van der Waals surface area contributed by atoms with Crippen molar-refractivity contribution in [3.05, 3.63) is 30.1 Å². The second-order valence-corrected chi connectivity index (χ2v) is 7.66. The molecule has 2 fully saturated rings. The molecule has 2 heterocycles. The van der Waals surface area contributed by atoms with E-state index in [1.54, 1.807) is 12.4 Å². The van der Waals surface area contributed by atoms with Crippen LogP contribution in [-0.4, -0.2) is 48.9 Å². The fourth-order valence-corrected chi connectivity index (χ4v) is 4.03. The van der Waals surface area contributed by atoms with Crippen molar-refractivity contribution in [2.45, 2.75) is 70.2 Å². The van der Waals surface area contributed by atoms with Crippen LogP contribution in [0.1, 0.15) is 51.0 Å². The molecule has 1 saturated heterocycles. The van der Waals surface area contributed by atoms with Gasteiger partial charge in [0.25, 0.3) is 0 Å². The molecule has 2 aliphatic rings. The predicted molar refractivity (Wildman–Crippen MR) is 104 cm³/mol. The highest BCUT2D eigenvalue weighted by Crippen LogP contribution is 2.28. The molecule has 1 aromatic heterocycles. The van der Waals surface area contributed by atoms with E-state index < -0.39 is 0 Å². The van der Waals surface area contributed by atoms with Crippen molar-refractivity contribution in [1.82, 2.24) is 15.6 Å². The van der Waals surface area contributed by atoms with E-state index in [1.165, 1.54) is 0 Å². The van der Waals surface area contributed by atoms with Gasteiger partial charge in [0.05, 0.1) is 6.10 Å². The number of amides is 1. The van der Waals surface area contributed by atoms with Gasteiger partial charge in [-0.1, -0.05) is 13.0 Å². The summed E-state index contributed by atoms with van der Waals surface area (Å²) in [7, 11) is 0. The van der Waals surface area contributed by atoms with Gasteiger partial charge in [-0.2, -0.15) is 0 Å². The van der Waals surface area contributed by atoms with Gasteiger partial charge >= 0.3 is 0 Å². The van der Waals surface area contributed by atoms with Crippen LogP contribution in [0, 0.1) is 5.92 Å². The minimum Gasteiger partial charge on any atom is -0.381 e. The van der Waals surface area contributed by atoms with Crippen LogP contribution in [0.15, 0.2) is 24.5 Å². The Balaban J connectivity index is 1.54. The molecule has 6 heteroatoms. The molecule has 0 spiro atoms. The van der Waals surface area contributed by atoms with Crippen LogP contribution in [-0.2, 0) is 20.8 Å². The largest absolute Gasteiger partial charge is 0.381 e. The Labute approximate surface area is 162 Å². The highest BCUT2D eigenvalue weighted by atomic mass is 16.5. The van der Waals surface area contributed by atoms with Crippen LogP contribution in [0.3, 0.4) is 0 Å². The van der Waals surface area contributed by atoms with Crippen LogP contribution in [0.5, 0.6) is 0 Å². The van der Waals surface area contributed by atoms with Crippen molar-refractivity contribution in [3.8, 4) is 0 Å². The molecule has 1 aromatic rings. The van der Waals surface area contributed by atoms with Crippen molar-refractivity contribution in [3.63, 3.8) is 0 Å². The van der Waals surface area contributed by atoms with Gasteiger partial charge in [-0.25, -0.2) is 0 Å². The summed E-state index contributed by atoms with van der Waals surface area (Å²) in [6.07, 6.45) is 9.51. The van der Waals surface area contributed by atoms with Crippen LogP contribution >= 0.6 is 0 Å². The third-order valence-electron chi connectivity index (χ3n) is 5.55. The van der Waals surface area contributed by atoms with E-state index in [2.05, 4.69) is 22.5 Å². The average molecular weight is 376 g/mol. The topological polar surface area (TPSA) is 72.5 Å². The molecule has 3 atom stereocenters. The van der Waals surface area contributed by atoms with Crippen LogP contribution in [0.2, 0.25) is 0 Å². The van der Waals surface area contributed by atoms with Crippen LogP contribution in [0.4, 0.5) is 0 Å². The van der Waals surface area contributed by atoms with Crippen molar-refractivity contribution < 1.29 is 14.3 Å². The van der Waals surface area contributed by atoms with E-state index in [0.29, 0.717) is 12.6 Å². The number of nitrogens with one attached hydrogen (secondary N) is 2. The predicted octanol–water partition coefficient (Wildman–Crippen LogP) is 2.43. The summed E-state index contributed by atoms with van der Waals surface area (Å²) < 4.78 is 11.6. The van der Waals surface area contributed by atoms with Crippen molar-refractivity contribution in [2.24, 2.45) is 5.92 Å². The Hall–Kier alpha value is -1.50. The summed E-state index contributed by atoms with van der Waals surface area (Å²) in [5, 5.41) is 6.86. The smallest absolute Gasteiger partial charge is 0.223 e. The van der Waals surface area contributed by atoms with Gasteiger partial charge in [-0.05, 0) is 50.2 Å². The Morgan fingerprint density at radius 3 is 2.89 bits per heavy atom. The van der Waals surface area contributed by atoms with Gasteiger partial charge in [-0.15, -0.1) is 0 Å². The van der Waals surface area contributed by atoms with E-state index in [4.69, 9.17) is 9.47 Å². The molecule has 0 unspecified atom stereocenters. The lowest BCUT2D eigenvalue weighted by atomic mass is 9.82. The molecule has 1 amide bonds. The fourth-order valence-electron chi connectivity index (χ4n) is 4.03. The number of aromatic nitrogens is 1. The Bertz CT molecular complexity index is 563. The summed E-state index contributed by atoms with van der Waals surface area (Å²) >= 11 is 0. The second-order valence-electron chi connectivity index (χ2n) is 7.66. The number of nitrogens with zero attached hydrogens (tertiary/aromatic N) is 1. The molecule has 0 aromatic carbocycles. The van der Waals surface area contributed by atoms with E-state index >= 15 is 0 Å². The minimum atomic E-state index is 0.0421. The van der Waals surface area contributed by atoms with Gasteiger partial charge in [0.15, 0.2) is 0 Å². The van der Waals surface area contributed by atoms with Gasteiger partial charge in [0, 0.05) is 56.8 Å². The number of carbonyl (C=O) groups excluding carboxylic acids is 1. The highest BCUT2D eigenvalue weighted by Gasteiger charge is 2.35. The first-order chi connectivity index (χ1) is 13.3. The molecule has 0 bridgehead atoms. The zero-order valence-electron chi connectivity index (χ0n) is 16.4. The number of hydrogen-bond acceptors (Lipinski definition) is 5. The summed E-state index contributed by atoms with van der Waals surface area (Å²) in [6.45, 7) is 5.10. The zero-order valence-corrected chi connectivity index (χ0v) is 16.4. The van der Waals surface area contributed by atoms with Crippen LogP contribution < -0.4 is 10.6 Å². The molecule has 3 rings (SSSR count). The molecule has 1 aliphatic carbocycles. The maximum absolute atomic E-state index is 12.7. The van der Waals surface area contributed by atoms with Crippen molar-refractivity contribution >= 4 is 5.91 Å². The SMILES string of the molecule is CCCO[C@@H]1CC[C@H](C(=O)NCc2cccnc2)C[C@H]1NC1CCOCC1. The Morgan fingerprint density at radius 2 is 2.15 bits per heavy atom. The zero-order chi connectivity index (χ0) is 18.9. The highest BCUT2D eigenvalue weighted by molar-refractivity contribution is 5.78. The van der Waals surface area contributed by atoms with Crippen molar-refractivity contribution in [2.75, 3.05) is 19.8 Å². The molecular weight excluding hydrogens is 342 g/mol. The van der Waals surface area contributed by atoms with Gasteiger partial charge in [-0.3, -0.25) is 9.78 Å². The summed E-state index contributed by atoms with van der Waals surface area (Å²) in [6, 6.07) is 4.58. The normalized spacial score (nSPS) is 26.6. The molecule has 150 valence electrons.